The van der Waals surface area contributed by atoms with Gasteiger partial charge in [-0.3, -0.25) is 14.4 Å². The van der Waals surface area contributed by atoms with Crippen LogP contribution in [0.25, 0.3) is 22.1 Å². The van der Waals surface area contributed by atoms with E-state index in [1.54, 1.807) is 41.6 Å². The van der Waals surface area contributed by atoms with Gasteiger partial charge < -0.3 is 38.3 Å². The van der Waals surface area contributed by atoms with Crippen LogP contribution < -0.4 is 20.6 Å². The smallest absolute Gasteiger partial charge is 0.269 e. The van der Waals surface area contributed by atoms with Crippen molar-refractivity contribution in [1.82, 2.24) is 19.1 Å². The molecule has 3 heterocycles. The summed E-state index contributed by atoms with van der Waals surface area (Å²) in [6.45, 7) is 2.06. The minimum absolute atomic E-state index is 0.177. The molecule has 4 aromatic rings. The maximum Gasteiger partial charge on any atom is 0.269 e. The van der Waals surface area contributed by atoms with Crippen molar-refractivity contribution in [3.63, 3.8) is 0 Å². The molecular formula is C36H44N4O9. The first-order valence-corrected chi connectivity index (χ1v) is 16.8. The molecule has 262 valence electrons. The van der Waals surface area contributed by atoms with Gasteiger partial charge in [0, 0.05) is 50.9 Å². The number of benzene rings is 2. The molecule has 1 spiro atoms. The summed E-state index contributed by atoms with van der Waals surface area (Å²) in [7, 11) is 3.16. The third-order valence-electron chi connectivity index (χ3n) is 10.2. The highest BCUT2D eigenvalue weighted by molar-refractivity contribution is 5.79. The average Bonchev–Trinajstić information content (AvgIpc) is 3.58. The van der Waals surface area contributed by atoms with Crippen LogP contribution in [0.2, 0.25) is 0 Å². The zero-order chi connectivity index (χ0) is 34.6. The summed E-state index contributed by atoms with van der Waals surface area (Å²) in [5.41, 5.74) is 0.771. The Labute approximate surface area is 283 Å². The minimum Gasteiger partial charge on any atom is -0.497 e. The van der Waals surface area contributed by atoms with E-state index in [2.05, 4.69) is 9.97 Å². The predicted octanol–water partition coefficient (Wildman–Crippen LogP) is 3.51. The normalized spacial score (nSPS) is 19.5. The van der Waals surface area contributed by atoms with Crippen molar-refractivity contribution >= 4 is 27.9 Å². The number of aliphatic hydroxyl groups is 2. The number of carbonyl (C=O) groups is 1. The van der Waals surface area contributed by atoms with Gasteiger partial charge in [-0.25, -0.2) is 9.97 Å². The topological polar surface area (TPSA) is 164 Å². The Bertz CT molecular complexity index is 1910. The first kappa shape index (κ1) is 34.7. The van der Waals surface area contributed by atoms with Gasteiger partial charge in [-0.15, -0.1) is 0 Å². The number of carbonyl (C=O) groups excluding carboxylic acids is 1. The summed E-state index contributed by atoms with van der Waals surface area (Å²) in [4.78, 5) is 44.2. The largest absolute Gasteiger partial charge is 0.497 e. The van der Waals surface area contributed by atoms with Gasteiger partial charge in [0.1, 0.15) is 17.3 Å². The van der Waals surface area contributed by atoms with Crippen LogP contribution in [0.4, 0.5) is 0 Å². The third kappa shape index (κ3) is 7.85. The van der Waals surface area contributed by atoms with E-state index in [1.165, 1.54) is 12.4 Å². The quantitative estimate of drug-likeness (QED) is 0.281. The highest BCUT2D eigenvalue weighted by atomic mass is 16.7. The number of methoxy groups -OCH3 is 2. The molecule has 7 rings (SSSR count). The average molecular weight is 677 g/mol. The van der Waals surface area contributed by atoms with Crippen LogP contribution in [-0.4, -0.2) is 79.5 Å². The standard InChI is InChI=1S/C19H24N2O5.C17H20N2O4/c1-24-14-2-3-15-16(12-14)21(17(22)13-20-15)9-8-18(23)4-6-19(7-5-18)25-10-11-26-19;1-23-13-2-3-14-15(10-13)19(16(21)11-18-14)9-8-17(22)6-4-12(20)5-7-17/h2-3,12-13,23H,4-11H2,1H3;2-3,10-11,22H,4-9H2,1H3. The van der Waals surface area contributed by atoms with Gasteiger partial charge in [0.05, 0.1) is 73.1 Å². The van der Waals surface area contributed by atoms with Gasteiger partial charge in [-0.05, 0) is 62.8 Å². The van der Waals surface area contributed by atoms with Crippen LogP contribution in [0.5, 0.6) is 11.5 Å². The molecule has 2 aromatic carbocycles. The SMILES string of the molecule is COc1ccc2ncc(=O)n(CCC3(O)CCC(=O)CC3)c2c1.COc1ccc2ncc(=O)n(CCC3(O)CCC4(CC3)OCCO4)c2c1. The van der Waals surface area contributed by atoms with Crippen molar-refractivity contribution in [3.05, 3.63) is 69.5 Å². The molecule has 0 bridgehead atoms. The molecular weight excluding hydrogens is 632 g/mol. The van der Waals surface area contributed by atoms with E-state index in [4.69, 9.17) is 18.9 Å². The maximum atomic E-state index is 12.4. The van der Waals surface area contributed by atoms with E-state index in [1.807, 2.05) is 18.2 Å². The molecule has 2 saturated carbocycles. The molecule has 3 fully saturated rings. The van der Waals surface area contributed by atoms with Crippen LogP contribution in [0, 0.1) is 0 Å². The number of hydrogen-bond donors (Lipinski definition) is 2. The van der Waals surface area contributed by atoms with E-state index in [0.29, 0.717) is 113 Å². The fourth-order valence-electron chi connectivity index (χ4n) is 7.01. The molecule has 2 aliphatic carbocycles. The Morgan fingerprint density at radius 3 is 1.59 bits per heavy atom. The van der Waals surface area contributed by atoms with Crippen LogP contribution in [0.3, 0.4) is 0 Å². The van der Waals surface area contributed by atoms with E-state index < -0.39 is 17.0 Å². The number of nitrogens with zero attached hydrogens (tertiary/aromatic N) is 4. The second kappa shape index (κ2) is 14.4. The Morgan fingerprint density at radius 2 is 1.14 bits per heavy atom. The summed E-state index contributed by atoms with van der Waals surface area (Å²) in [5.74, 6) is 1.03. The number of ether oxygens (including phenoxy) is 4. The van der Waals surface area contributed by atoms with E-state index in [-0.39, 0.29) is 16.9 Å². The molecule has 0 amide bonds. The molecule has 3 aliphatic rings. The maximum absolute atomic E-state index is 12.4. The number of rotatable bonds is 8. The van der Waals surface area contributed by atoms with Gasteiger partial charge in [-0.1, -0.05) is 0 Å². The van der Waals surface area contributed by atoms with E-state index in [9.17, 15) is 24.6 Å². The van der Waals surface area contributed by atoms with Gasteiger partial charge in [0.25, 0.3) is 11.1 Å². The fraction of sp³-hybridized carbons (Fsp3) is 0.528. The molecule has 2 N–H and O–H groups in total. The first-order chi connectivity index (χ1) is 23.5. The number of Topliss-reactive ketones (excluding diaryl/α,β-unsaturated/α-hetero) is 1. The summed E-state index contributed by atoms with van der Waals surface area (Å²) in [6, 6.07) is 10.8. The zero-order valence-electron chi connectivity index (χ0n) is 28.1. The molecule has 13 nitrogen and oxygen atoms in total. The van der Waals surface area contributed by atoms with Crippen molar-refractivity contribution in [3.8, 4) is 11.5 Å². The van der Waals surface area contributed by atoms with Crippen molar-refractivity contribution in [2.45, 2.75) is 94.3 Å². The molecule has 49 heavy (non-hydrogen) atoms. The summed E-state index contributed by atoms with van der Waals surface area (Å²) < 4.78 is 25.2. The van der Waals surface area contributed by atoms with Gasteiger partial charge >= 0.3 is 0 Å². The summed E-state index contributed by atoms with van der Waals surface area (Å²) in [5, 5.41) is 21.6. The third-order valence-corrected chi connectivity index (χ3v) is 10.2. The summed E-state index contributed by atoms with van der Waals surface area (Å²) in [6.07, 6.45) is 7.90. The predicted molar refractivity (Wildman–Crippen MR) is 181 cm³/mol. The number of ketones is 1. The first-order valence-electron chi connectivity index (χ1n) is 16.8. The Kier molecular flexibility index (Phi) is 10.2. The molecule has 0 radical (unpaired) electrons. The number of fused-ring (bicyclic) bond motifs is 2. The molecule has 2 aromatic heterocycles. The monoisotopic (exact) mass is 676 g/mol. The van der Waals surface area contributed by atoms with Gasteiger partial charge in [0.15, 0.2) is 5.79 Å². The lowest BCUT2D eigenvalue weighted by Gasteiger charge is -2.40. The summed E-state index contributed by atoms with van der Waals surface area (Å²) >= 11 is 0. The van der Waals surface area contributed by atoms with Crippen molar-refractivity contribution in [2.75, 3.05) is 27.4 Å². The molecule has 0 atom stereocenters. The van der Waals surface area contributed by atoms with Crippen LogP contribution in [0.15, 0.2) is 58.4 Å². The Morgan fingerprint density at radius 1 is 0.694 bits per heavy atom. The molecule has 1 saturated heterocycles. The van der Waals surface area contributed by atoms with Crippen LogP contribution >= 0.6 is 0 Å². The highest BCUT2D eigenvalue weighted by Crippen LogP contribution is 2.41. The number of aryl methyl sites for hydroxylation is 2. The molecule has 1 aliphatic heterocycles. The number of hydrogen-bond acceptors (Lipinski definition) is 11. The number of aromatic nitrogens is 4. The van der Waals surface area contributed by atoms with Crippen molar-refractivity contribution < 1.29 is 34.0 Å². The second-order valence-electron chi connectivity index (χ2n) is 13.3. The Balaban J connectivity index is 0.000000171. The van der Waals surface area contributed by atoms with Crippen molar-refractivity contribution in [1.29, 1.82) is 0 Å². The van der Waals surface area contributed by atoms with Crippen molar-refractivity contribution in [2.24, 2.45) is 0 Å². The van der Waals surface area contributed by atoms with Crippen LogP contribution in [-0.2, 0) is 27.4 Å². The minimum atomic E-state index is -0.873. The molecule has 13 heteroatoms. The highest BCUT2D eigenvalue weighted by Gasteiger charge is 2.45. The van der Waals surface area contributed by atoms with Gasteiger partial charge in [-0.2, -0.15) is 0 Å². The lowest BCUT2D eigenvalue weighted by Crippen LogP contribution is -2.44. The second-order valence-corrected chi connectivity index (χ2v) is 13.3. The van der Waals surface area contributed by atoms with Crippen LogP contribution in [0.1, 0.15) is 64.2 Å². The fourth-order valence-corrected chi connectivity index (χ4v) is 7.01. The van der Waals surface area contributed by atoms with E-state index in [0.717, 1.165) is 11.0 Å². The zero-order valence-corrected chi connectivity index (χ0v) is 28.1. The van der Waals surface area contributed by atoms with E-state index >= 15 is 0 Å². The molecule has 0 unspecified atom stereocenters. The lowest BCUT2D eigenvalue weighted by molar-refractivity contribution is -0.203. The Hall–Kier alpha value is -4.17. The lowest BCUT2D eigenvalue weighted by atomic mass is 9.79. The van der Waals surface area contributed by atoms with Gasteiger partial charge in [0.2, 0.25) is 0 Å².